The number of amides is 1. The summed E-state index contributed by atoms with van der Waals surface area (Å²) in [5, 5.41) is 19.8. The molecule has 0 bridgehead atoms. The van der Waals surface area contributed by atoms with E-state index in [1.165, 1.54) is 0 Å². The van der Waals surface area contributed by atoms with Crippen molar-refractivity contribution in [2.75, 3.05) is 6.54 Å². The summed E-state index contributed by atoms with van der Waals surface area (Å²) >= 11 is 0. The zero-order valence-electron chi connectivity index (χ0n) is 13.2. The lowest BCUT2D eigenvalue weighted by atomic mass is 10.1. The molecule has 0 aromatic heterocycles. The Morgan fingerprint density at radius 1 is 1.45 bits per heavy atom. The van der Waals surface area contributed by atoms with Crippen molar-refractivity contribution in [2.45, 2.75) is 44.7 Å². The van der Waals surface area contributed by atoms with Crippen LogP contribution in [0.5, 0.6) is 5.75 Å². The van der Waals surface area contributed by atoms with Crippen molar-refractivity contribution in [1.82, 2.24) is 4.57 Å². The van der Waals surface area contributed by atoms with E-state index in [2.05, 4.69) is 0 Å². The molecule has 2 atom stereocenters. The smallest absolute Gasteiger partial charge is 0.402 e. The highest BCUT2D eigenvalue weighted by Gasteiger charge is 2.37. The van der Waals surface area contributed by atoms with E-state index in [4.69, 9.17) is 10.5 Å². The fourth-order valence-corrected chi connectivity index (χ4v) is 5.44. The first kappa shape index (κ1) is 16.8. The molecule has 6 nitrogen and oxygen atoms in total. The molecule has 1 aromatic rings. The maximum Gasteiger partial charge on any atom is 0.402 e. The number of phenolic OH excluding ortho intramolecular Hbond substituents is 1. The molecular formula is C15H24N2O4Si. The lowest BCUT2D eigenvalue weighted by Crippen LogP contribution is -2.57. The molecule has 4 N–H and O–H groups in total. The van der Waals surface area contributed by atoms with Gasteiger partial charge in [-0.25, -0.2) is 4.79 Å². The highest BCUT2D eigenvalue weighted by molar-refractivity contribution is 6.59. The van der Waals surface area contributed by atoms with Crippen molar-refractivity contribution in [3.63, 3.8) is 0 Å². The summed E-state index contributed by atoms with van der Waals surface area (Å²) in [6.07, 6.45) is -0.425. The molecule has 0 aliphatic carbocycles. The molecule has 1 aliphatic rings. The molecule has 0 spiro atoms. The van der Waals surface area contributed by atoms with Crippen molar-refractivity contribution < 1.29 is 19.7 Å². The molecule has 0 saturated carbocycles. The monoisotopic (exact) mass is 324 g/mol. The van der Waals surface area contributed by atoms with Crippen LogP contribution >= 0.6 is 0 Å². The van der Waals surface area contributed by atoms with Gasteiger partial charge in [0, 0.05) is 13.1 Å². The summed E-state index contributed by atoms with van der Waals surface area (Å²) in [6.45, 7) is 5.90. The lowest BCUT2D eigenvalue weighted by Gasteiger charge is -2.38. The molecule has 1 aromatic carbocycles. The van der Waals surface area contributed by atoms with Gasteiger partial charge in [0.05, 0.1) is 5.73 Å². The zero-order chi connectivity index (χ0) is 16.5. The number of ether oxygens (including phenoxy) is 1. The van der Waals surface area contributed by atoms with E-state index in [0.29, 0.717) is 12.6 Å². The number of aliphatic hydroxyl groups excluding tert-OH is 1. The van der Waals surface area contributed by atoms with Gasteiger partial charge < -0.3 is 25.2 Å². The summed E-state index contributed by atoms with van der Waals surface area (Å²) in [5.74, 6) is 0.169. The van der Waals surface area contributed by atoms with E-state index >= 15 is 0 Å². The van der Waals surface area contributed by atoms with Crippen molar-refractivity contribution in [3.8, 4) is 5.75 Å². The second-order valence-corrected chi connectivity index (χ2v) is 9.57. The van der Waals surface area contributed by atoms with Crippen LogP contribution in [0.4, 0.5) is 4.79 Å². The van der Waals surface area contributed by atoms with E-state index in [1.54, 1.807) is 16.7 Å². The van der Waals surface area contributed by atoms with Crippen LogP contribution in [0.2, 0.25) is 0 Å². The first-order valence-electron chi connectivity index (χ1n) is 7.40. The van der Waals surface area contributed by atoms with E-state index in [1.807, 2.05) is 26.8 Å². The van der Waals surface area contributed by atoms with Crippen LogP contribution in [-0.2, 0) is 17.3 Å². The number of rotatable bonds is 2. The maximum absolute atomic E-state index is 12.5. The van der Waals surface area contributed by atoms with E-state index in [-0.39, 0.29) is 12.3 Å². The number of carbonyl (C=O) groups excluding carboxylic acids is 1. The number of nitrogens with two attached hydrogens (primary N) is 1. The minimum absolute atomic E-state index is 0.129. The number of phenols is 1. The molecule has 7 heteroatoms. The molecule has 1 aliphatic heterocycles. The average molecular weight is 324 g/mol. The molecule has 0 fully saturated rings. The Bertz CT molecular complexity index is 559. The van der Waals surface area contributed by atoms with Crippen molar-refractivity contribution in [3.05, 3.63) is 29.3 Å². The maximum atomic E-state index is 12.5. The molecule has 1 amide bonds. The Labute approximate surface area is 132 Å². The summed E-state index contributed by atoms with van der Waals surface area (Å²) < 4.78 is 7.08. The molecule has 122 valence electrons. The predicted molar refractivity (Wildman–Crippen MR) is 85.8 cm³/mol. The molecule has 22 heavy (non-hydrogen) atoms. The van der Waals surface area contributed by atoms with Crippen molar-refractivity contribution >= 4 is 15.1 Å². The van der Waals surface area contributed by atoms with Crippen LogP contribution in [-0.4, -0.2) is 47.7 Å². The fourth-order valence-electron chi connectivity index (χ4n) is 2.62. The molecule has 0 radical (unpaired) electrons. The van der Waals surface area contributed by atoms with Gasteiger partial charge in [0.15, 0.2) is 8.96 Å². The van der Waals surface area contributed by atoms with Gasteiger partial charge in [0.1, 0.15) is 11.4 Å². The van der Waals surface area contributed by atoms with Gasteiger partial charge in [-0.15, -0.1) is 0 Å². The summed E-state index contributed by atoms with van der Waals surface area (Å²) in [7, 11) is -2.03. The van der Waals surface area contributed by atoms with Gasteiger partial charge in [-0.3, -0.25) is 0 Å². The Balaban J connectivity index is 2.30. The molecule has 2 rings (SSSR count). The highest BCUT2D eigenvalue weighted by atomic mass is 28.3. The number of fused-ring (bicyclic) bond motifs is 1. The predicted octanol–water partition coefficient (Wildman–Crippen LogP) is 0.807. The third-order valence-electron chi connectivity index (χ3n) is 3.67. The van der Waals surface area contributed by atoms with E-state index < -0.39 is 26.4 Å². The fraction of sp³-hybridized carbons (Fsp3) is 0.533. The quantitative estimate of drug-likeness (QED) is 0.700. The summed E-state index contributed by atoms with van der Waals surface area (Å²) in [5.41, 5.74) is 6.27. The number of aromatic hydroxyl groups is 1. The number of hydrogen-bond acceptors (Lipinski definition) is 5. The second-order valence-electron chi connectivity index (χ2n) is 6.64. The van der Waals surface area contributed by atoms with Gasteiger partial charge in [-0.05, 0) is 50.1 Å². The van der Waals surface area contributed by atoms with E-state index in [9.17, 15) is 15.0 Å². The number of aliphatic hydroxyl groups is 1. The second kappa shape index (κ2) is 6.27. The first-order chi connectivity index (χ1) is 10.2. The Morgan fingerprint density at radius 2 is 2.14 bits per heavy atom. The first-order valence-corrected chi connectivity index (χ1v) is 9.39. The van der Waals surface area contributed by atoms with Crippen LogP contribution in [0.15, 0.2) is 18.2 Å². The van der Waals surface area contributed by atoms with Crippen LogP contribution in [0.3, 0.4) is 0 Å². The lowest BCUT2D eigenvalue weighted by molar-refractivity contribution is 0.0351. The molecule has 0 saturated heterocycles. The molecule has 0 unspecified atom stereocenters. The average Bonchev–Trinajstić information content (AvgIpc) is 2.43. The topological polar surface area (TPSA) is 96.0 Å². The largest absolute Gasteiger partial charge is 0.508 e. The minimum atomic E-state index is -2.03. The zero-order valence-corrected chi connectivity index (χ0v) is 14.4. The standard InChI is InChI=1S/C15H24N2O4Si/c1-15(2,3)21-14(20)17-8-11-6-12(18)5-4-10(11)9-22(17)13(19)7-16/h4-6,13,18-19,22H,7-9,16H2,1-3H3/t13-,22-/m0/s1. The van der Waals surface area contributed by atoms with Gasteiger partial charge in [0.25, 0.3) is 0 Å². The Morgan fingerprint density at radius 3 is 2.73 bits per heavy atom. The summed E-state index contributed by atoms with van der Waals surface area (Å²) in [6, 6.07) is 5.75. The van der Waals surface area contributed by atoms with Crippen molar-refractivity contribution in [2.24, 2.45) is 5.73 Å². The number of nitrogens with zero attached hydrogens (tertiary/aromatic N) is 1. The Kier molecular flexibility index (Phi) is 4.79. The highest BCUT2D eigenvalue weighted by Crippen LogP contribution is 2.27. The van der Waals surface area contributed by atoms with Gasteiger partial charge >= 0.3 is 6.09 Å². The SMILES string of the molecule is CC(C)(C)OC(=O)N1Cc2cc(O)ccc2C[Si@H]1[C@H](O)CN. The summed E-state index contributed by atoms with van der Waals surface area (Å²) in [4.78, 5) is 12.5. The number of benzene rings is 1. The van der Waals surface area contributed by atoms with Gasteiger partial charge in [-0.2, -0.15) is 0 Å². The Hall–Kier alpha value is -1.57. The van der Waals surface area contributed by atoms with Crippen LogP contribution < -0.4 is 5.73 Å². The third kappa shape index (κ3) is 3.79. The molecular weight excluding hydrogens is 300 g/mol. The number of hydrogen-bond donors (Lipinski definition) is 3. The van der Waals surface area contributed by atoms with Crippen molar-refractivity contribution in [1.29, 1.82) is 0 Å². The molecule has 1 heterocycles. The normalized spacial score (nSPS) is 19.5. The minimum Gasteiger partial charge on any atom is -0.508 e. The number of carbonyl (C=O) groups is 1. The van der Waals surface area contributed by atoms with Crippen LogP contribution in [0, 0.1) is 0 Å². The van der Waals surface area contributed by atoms with Crippen LogP contribution in [0.25, 0.3) is 0 Å². The van der Waals surface area contributed by atoms with Crippen LogP contribution in [0.1, 0.15) is 31.9 Å². The van der Waals surface area contributed by atoms with E-state index in [0.717, 1.165) is 11.1 Å². The van der Waals surface area contributed by atoms with Gasteiger partial charge in [0.2, 0.25) is 0 Å². The van der Waals surface area contributed by atoms with Gasteiger partial charge in [-0.1, -0.05) is 6.07 Å². The third-order valence-corrected chi connectivity index (χ3v) is 6.89.